The highest BCUT2D eigenvalue weighted by molar-refractivity contribution is 7.99. The highest BCUT2D eigenvalue weighted by Crippen LogP contribution is 2.39. The van der Waals surface area contributed by atoms with Crippen LogP contribution in [0.25, 0.3) is 0 Å². The van der Waals surface area contributed by atoms with E-state index in [9.17, 15) is 9.59 Å². The van der Waals surface area contributed by atoms with Gasteiger partial charge in [-0.15, -0.1) is 21.5 Å². The van der Waals surface area contributed by atoms with Crippen molar-refractivity contribution in [2.45, 2.75) is 57.4 Å². The minimum absolute atomic E-state index is 0.131. The Morgan fingerprint density at radius 1 is 1.14 bits per heavy atom. The number of thioether (sulfide) groups is 1. The molecule has 36 heavy (non-hydrogen) atoms. The van der Waals surface area contributed by atoms with E-state index in [1.54, 1.807) is 11.7 Å². The molecule has 192 valence electrons. The van der Waals surface area contributed by atoms with E-state index in [2.05, 4.69) is 15.5 Å². The van der Waals surface area contributed by atoms with Gasteiger partial charge in [0, 0.05) is 11.9 Å². The van der Waals surface area contributed by atoms with E-state index in [-0.39, 0.29) is 30.3 Å². The fraction of sp³-hybridized carbons (Fsp3) is 0.440. The number of benzene rings is 1. The molecule has 0 radical (unpaired) electrons. The molecular weight excluding hydrogens is 500 g/mol. The fourth-order valence-electron chi connectivity index (χ4n) is 3.85. The second-order valence-electron chi connectivity index (χ2n) is 8.63. The van der Waals surface area contributed by atoms with Gasteiger partial charge in [-0.3, -0.25) is 4.79 Å². The summed E-state index contributed by atoms with van der Waals surface area (Å²) in [6.45, 7) is 3.89. The van der Waals surface area contributed by atoms with Crippen LogP contribution in [0.2, 0.25) is 0 Å². The van der Waals surface area contributed by atoms with Gasteiger partial charge in [0.25, 0.3) is 0 Å². The van der Waals surface area contributed by atoms with Gasteiger partial charge >= 0.3 is 5.97 Å². The highest BCUT2D eigenvalue weighted by Gasteiger charge is 2.28. The molecule has 2 aromatic heterocycles. The predicted molar refractivity (Wildman–Crippen MR) is 139 cm³/mol. The van der Waals surface area contributed by atoms with Crippen LogP contribution in [0.5, 0.6) is 11.5 Å². The van der Waals surface area contributed by atoms with Gasteiger partial charge in [-0.2, -0.15) is 0 Å². The Bertz CT molecular complexity index is 1220. The smallest absolute Gasteiger partial charge is 0.341 e. The molecule has 1 N–H and O–H groups in total. The first-order valence-electron chi connectivity index (χ1n) is 11.8. The van der Waals surface area contributed by atoms with Crippen molar-refractivity contribution >= 4 is 40.0 Å². The number of esters is 1. The number of aromatic nitrogens is 3. The first kappa shape index (κ1) is 26.0. The number of aryl methyl sites for hydroxylation is 1. The summed E-state index contributed by atoms with van der Waals surface area (Å²) < 4.78 is 18.2. The third-order valence-corrected chi connectivity index (χ3v) is 7.88. The number of carbonyl (C=O) groups excluding carboxylic acids is 2. The quantitative estimate of drug-likeness (QED) is 0.299. The maximum Gasteiger partial charge on any atom is 0.341 e. The normalized spacial score (nSPS) is 12.8. The number of nitrogens with one attached hydrogen (secondary N) is 1. The monoisotopic (exact) mass is 530 g/mol. The summed E-state index contributed by atoms with van der Waals surface area (Å²) in [6, 6.07) is 7.29. The van der Waals surface area contributed by atoms with Crippen LogP contribution in [0.3, 0.4) is 0 Å². The van der Waals surface area contributed by atoms with Crippen LogP contribution in [-0.2, 0) is 36.0 Å². The van der Waals surface area contributed by atoms with Gasteiger partial charge in [0.1, 0.15) is 23.1 Å². The second-order valence-corrected chi connectivity index (χ2v) is 10.7. The van der Waals surface area contributed by atoms with Crippen molar-refractivity contribution in [1.29, 1.82) is 0 Å². The summed E-state index contributed by atoms with van der Waals surface area (Å²) in [7, 11) is 3.45. The second kappa shape index (κ2) is 11.8. The first-order chi connectivity index (χ1) is 17.4. The number of nitrogens with zero attached hydrogens (tertiary/aromatic N) is 3. The molecule has 0 atom stereocenters. The van der Waals surface area contributed by atoms with E-state index in [0.29, 0.717) is 27.3 Å². The zero-order valence-electron chi connectivity index (χ0n) is 20.8. The number of carbonyl (C=O) groups is 2. The van der Waals surface area contributed by atoms with Gasteiger partial charge in [0.2, 0.25) is 5.91 Å². The van der Waals surface area contributed by atoms with E-state index in [1.165, 1.54) is 23.1 Å². The van der Waals surface area contributed by atoms with Crippen LogP contribution in [0.1, 0.15) is 53.3 Å². The van der Waals surface area contributed by atoms with Crippen molar-refractivity contribution < 1.29 is 23.8 Å². The largest absolute Gasteiger partial charge is 0.497 e. The van der Waals surface area contributed by atoms with E-state index in [0.717, 1.165) is 41.9 Å². The lowest BCUT2D eigenvalue weighted by Gasteiger charge is -2.14. The fourth-order valence-corrected chi connectivity index (χ4v) is 5.88. The molecule has 3 aromatic rings. The van der Waals surface area contributed by atoms with E-state index in [1.807, 2.05) is 45.2 Å². The molecule has 0 aliphatic heterocycles. The standard InChI is InChI=1S/C25H30N4O5S2/c1-15(2)34-24(31)22-18-7-5-6-8-19(18)36-23(22)26-21(30)14-35-25-28-27-20(29(25)3)13-33-17-11-9-16(32-4)10-12-17/h9-12,15H,5-8,13-14H2,1-4H3,(H,26,30). The van der Waals surface area contributed by atoms with Crippen molar-refractivity contribution in [3.63, 3.8) is 0 Å². The van der Waals surface area contributed by atoms with Gasteiger partial charge in [-0.05, 0) is 69.4 Å². The van der Waals surface area contributed by atoms with E-state index >= 15 is 0 Å². The number of ether oxygens (including phenoxy) is 3. The molecule has 11 heteroatoms. The minimum Gasteiger partial charge on any atom is -0.497 e. The first-order valence-corrected chi connectivity index (χ1v) is 13.6. The van der Waals surface area contributed by atoms with Gasteiger partial charge in [0.15, 0.2) is 11.0 Å². The third-order valence-electron chi connectivity index (χ3n) is 5.66. The van der Waals surface area contributed by atoms with Crippen LogP contribution in [0.15, 0.2) is 29.4 Å². The van der Waals surface area contributed by atoms with Crippen molar-refractivity contribution in [1.82, 2.24) is 14.8 Å². The summed E-state index contributed by atoms with van der Waals surface area (Å²) >= 11 is 2.76. The Labute approximate surface area is 218 Å². The van der Waals surface area contributed by atoms with Gasteiger partial charge < -0.3 is 24.1 Å². The van der Waals surface area contributed by atoms with Crippen LogP contribution < -0.4 is 14.8 Å². The molecule has 0 unspecified atom stereocenters. The summed E-state index contributed by atoms with van der Waals surface area (Å²) in [4.78, 5) is 26.8. The number of anilines is 1. The lowest BCUT2D eigenvalue weighted by Crippen LogP contribution is -2.19. The Morgan fingerprint density at radius 2 is 1.86 bits per heavy atom. The summed E-state index contributed by atoms with van der Waals surface area (Å²) in [5.74, 6) is 1.63. The molecule has 0 saturated carbocycles. The topological polar surface area (TPSA) is 105 Å². The Kier molecular flexibility index (Phi) is 8.52. The van der Waals surface area contributed by atoms with Crippen LogP contribution in [-0.4, -0.2) is 45.6 Å². The van der Waals surface area contributed by atoms with E-state index < -0.39 is 0 Å². The van der Waals surface area contributed by atoms with Crippen molar-refractivity contribution in [2.24, 2.45) is 7.05 Å². The van der Waals surface area contributed by atoms with Crippen molar-refractivity contribution in [3.8, 4) is 11.5 Å². The predicted octanol–water partition coefficient (Wildman–Crippen LogP) is 4.64. The average Bonchev–Trinajstić information content (AvgIpc) is 3.40. The molecule has 0 spiro atoms. The van der Waals surface area contributed by atoms with Gasteiger partial charge in [0.05, 0.1) is 24.5 Å². The molecule has 1 aliphatic rings. The number of hydrogen-bond acceptors (Lipinski definition) is 9. The Hall–Kier alpha value is -3.05. The summed E-state index contributed by atoms with van der Waals surface area (Å²) in [6.07, 6.45) is 3.65. The molecule has 9 nitrogen and oxygen atoms in total. The van der Waals surface area contributed by atoms with Gasteiger partial charge in [-0.1, -0.05) is 11.8 Å². The molecule has 0 saturated heterocycles. The maximum atomic E-state index is 12.8. The highest BCUT2D eigenvalue weighted by atomic mass is 32.2. The Balaban J connectivity index is 1.36. The zero-order valence-corrected chi connectivity index (χ0v) is 22.5. The third kappa shape index (κ3) is 6.19. The number of methoxy groups -OCH3 is 1. The number of rotatable bonds is 10. The minimum atomic E-state index is -0.373. The Morgan fingerprint density at radius 3 is 2.58 bits per heavy atom. The molecule has 0 fully saturated rings. The molecule has 2 heterocycles. The molecule has 4 rings (SSSR count). The number of hydrogen-bond donors (Lipinski definition) is 1. The molecular formula is C25H30N4O5S2. The molecule has 0 bridgehead atoms. The zero-order chi connectivity index (χ0) is 25.7. The van der Waals surface area contributed by atoms with Gasteiger partial charge in [-0.25, -0.2) is 4.79 Å². The lowest BCUT2D eigenvalue weighted by atomic mass is 9.95. The van der Waals surface area contributed by atoms with E-state index in [4.69, 9.17) is 14.2 Å². The van der Waals surface area contributed by atoms with Crippen LogP contribution in [0, 0.1) is 0 Å². The average molecular weight is 531 g/mol. The number of amides is 1. The SMILES string of the molecule is COc1ccc(OCc2nnc(SCC(=O)Nc3sc4c(c3C(=O)OC(C)C)CCCC4)n2C)cc1. The van der Waals surface area contributed by atoms with Crippen molar-refractivity contribution in [2.75, 3.05) is 18.2 Å². The summed E-state index contributed by atoms with van der Waals surface area (Å²) in [5.41, 5.74) is 1.54. The molecule has 1 aliphatic carbocycles. The number of thiophene rings is 1. The van der Waals surface area contributed by atoms with Crippen molar-refractivity contribution in [3.05, 3.63) is 46.1 Å². The molecule has 1 amide bonds. The summed E-state index contributed by atoms with van der Waals surface area (Å²) in [5, 5.41) is 12.5. The molecule has 1 aromatic carbocycles. The number of fused-ring (bicyclic) bond motifs is 1. The van der Waals surface area contributed by atoms with Crippen LogP contribution >= 0.6 is 23.1 Å². The van der Waals surface area contributed by atoms with Crippen LogP contribution in [0.4, 0.5) is 5.00 Å². The lowest BCUT2D eigenvalue weighted by molar-refractivity contribution is -0.113. The maximum absolute atomic E-state index is 12.8.